The van der Waals surface area contributed by atoms with E-state index < -0.39 is 0 Å². The van der Waals surface area contributed by atoms with Gasteiger partial charge in [0.2, 0.25) is 0 Å². The van der Waals surface area contributed by atoms with Crippen LogP contribution in [0.4, 0.5) is 0 Å². The van der Waals surface area contributed by atoms with Crippen LogP contribution in [0.3, 0.4) is 0 Å². The van der Waals surface area contributed by atoms with Crippen molar-refractivity contribution in [2.45, 2.75) is 51.1 Å². The number of hydrogen-bond donors (Lipinski definition) is 1. The molecule has 1 N–H and O–H groups in total. The molecule has 1 saturated carbocycles. The number of piperazine rings is 1. The zero-order valence-corrected chi connectivity index (χ0v) is 11.5. The van der Waals surface area contributed by atoms with Crippen molar-refractivity contribution >= 4 is 0 Å². The zero-order chi connectivity index (χ0) is 12.1. The van der Waals surface area contributed by atoms with Gasteiger partial charge in [-0.25, -0.2) is 0 Å². The highest BCUT2D eigenvalue weighted by Crippen LogP contribution is 2.30. The van der Waals surface area contributed by atoms with Crippen LogP contribution < -0.4 is 5.32 Å². The van der Waals surface area contributed by atoms with Crippen molar-refractivity contribution in [2.24, 2.45) is 5.92 Å². The van der Waals surface area contributed by atoms with Gasteiger partial charge in [-0.1, -0.05) is 19.3 Å². The first-order valence-corrected chi connectivity index (χ1v) is 7.28. The van der Waals surface area contributed by atoms with E-state index in [1.54, 1.807) is 0 Å². The normalized spacial score (nSPS) is 30.4. The van der Waals surface area contributed by atoms with E-state index in [4.69, 9.17) is 4.74 Å². The third kappa shape index (κ3) is 3.43. The van der Waals surface area contributed by atoms with E-state index in [1.165, 1.54) is 45.2 Å². The van der Waals surface area contributed by atoms with E-state index in [0.717, 1.165) is 25.1 Å². The lowest BCUT2D eigenvalue weighted by atomic mass is 9.82. The van der Waals surface area contributed by atoms with Crippen LogP contribution in [0, 0.1) is 5.92 Å². The van der Waals surface area contributed by atoms with Gasteiger partial charge in [0.15, 0.2) is 0 Å². The molecule has 2 rings (SSSR count). The number of methoxy groups -OCH3 is 1. The Morgan fingerprint density at radius 3 is 2.76 bits per heavy atom. The monoisotopic (exact) mass is 240 g/mol. The number of nitrogens with zero attached hydrogens (tertiary/aromatic N) is 1. The van der Waals surface area contributed by atoms with E-state index in [9.17, 15) is 0 Å². The predicted molar refractivity (Wildman–Crippen MR) is 71.3 cm³/mol. The van der Waals surface area contributed by atoms with Crippen molar-refractivity contribution < 1.29 is 4.74 Å². The Kier molecular flexibility index (Phi) is 5.26. The lowest BCUT2D eigenvalue weighted by Gasteiger charge is -2.45. The number of nitrogens with one attached hydrogen (secondary N) is 1. The van der Waals surface area contributed by atoms with Crippen LogP contribution in [0.2, 0.25) is 0 Å². The molecule has 0 aromatic rings. The summed E-state index contributed by atoms with van der Waals surface area (Å²) in [6, 6.07) is 1.31. The van der Waals surface area contributed by atoms with Gasteiger partial charge in [-0.2, -0.15) is 0 Å². The Hall–Kier alpha value is -0.120. The summed E-state index contributed by atoms with van der Waals surface area (Å²) in [6.07, 6.45) is 7.19. The molecule has 2 fully saturated rings. The average molecular weight is 240 g/mol. The summed E-state index contributed by atoms with van der Waals surface area (Å²) in [6.45, 7) is 6.68. The van der Waals surface area contributed by atoms with Crippen LogP contribution in [0.25, 0.3) is 0 Å². The number of ether oxygens (including phenoxy) is 1. The molecule has 2 aliphatic rings. The highest BCUT2D eigenvalue weighted by Gasteiger charge is 2.32. The van der Waals surface area contributed by atoms with Gasteiger partial charge in [0, 0.05) is 38.8 Å². The molecule has 0 aromatic carbocycles. The number of rotatable bonds is 4. The van der Waals surface area contributed by atoms with Gasteiger partial charge in [0.25, 0.3) is 0 Å². The van der Waals surface area contributed by atoms with E-state index in [2.05, 4.69) is 17.1 Å². The largest absolute Gasteiger partial charge is 0.383 e. The molecule has 0 radical (unpaired) electrons. The van der Waals surface area contributed by atoms with Gasteiger partial charge in [-0.3, -0.25) is 4.90 Å². The summed E-state index contributed by atoms with van der Waals surface area (Å²) >= 11 is 0. The molecule has 0 aromatic heterocycles. The molecule has 1 aliphatic carbocycles. The van der Waals surface area contributed by atoms with Crippen LogP contribution >= 0.6 is 0 Å². The molecule has 2 unspecified atom stereocenters. The maximum Gasteiger partial charge on any atom is 0.0615 e. The standard InChI is InChI=1S/C14H28N2O/c1-12(11-17-2)16-9-8-15-10-14(16)13-6-4-3-5-7-13/h12-15H,3-11H2,1-2H3. The van der Waals surface area contributed by atoms with Gasteiger partial charge in [0.05, 0.1) is 6.61 Å². The van der Waals surface area contributed by atoms with Crippen LogP contribution in [-0.2, 0) is 4.74 Å². The second-order valence-corrected chi connectivity index (χ2v) is 5.71. The van der Waals surface area contributed by atoms with Crippen molar-refractivity contribution in [1.29, 1.82) is 0 Å². The van der Waals surface area contributed by atoms with Crippen LogP contribution in [-0.4, -0.2) is 50.3 Å². The maximum atomic E-state index is 5.33. The average Bonchev–Trinajstić information content (AvgIpc) is 2.40. The smallest absolute Gasteiger partial charge is 0.0615 e. The highest BCUT2D eigenvalue weighted by atomic mass is 16.5. The molecular weight excluding hydrogens is 212 g/mol. The van der Waals surface area contributed by atoms with E-state index in [-0.39, 0.29) is 0 Å². The molecule has 3 heteroatoms. The second-order valence-electron chi connectivity index (χ2n) is 5.71. The van der Waals surface area contributed by atoms with Gasteiger partial charge in [-0.15, -0.1) is 0 Å². The van der Waals surface area contributed by atoms with Crippen molar-refractivity contribution in [1.82, 2.24) is 10.2 Å². The molecule has 0 amide bonds. The SMILES string of the molecule is COCC(C)N1CCNCC1C1CCCCC1. The molecule has 2 atom stereocenters. The Bertz CT molecular complexity index is 216. The quantitative estimate of drug-likeness (QED) is 0.812. The van der Waals surface area contributed by atoms with Crippen molar-refractivity contribution in [3.63, 3.8) is 0 Å². The maximum absolute atomic E-state index is 5.33. The van der Waals surface area contributed by atoms with Crippen LogP contribution in [0.15, 0.2) is 0 Å². The summed E-state index contributed by atoms with van der Waals surface area (Å²) in [4.78, 5) is 2.69. The third-order valence-electron chi connectivity index (χ3n) is 4.49. The summed E-state index contributed by atoms with van der Waals surface area (Å²) in [5, 5.41) is 3.58. The fourth-order valence-corrected chi connectivity index (χ4v) is 3.58. The van der Waals surface area contributed by atoms with E-state index in [1.807, 2.05) is 7.11 Å². The zero-order valence-electron chi connectivity index (χ0n) is 11.5. The molecule has 0 bridgehead atoms. The summed E-state index contributed by atoms with van der Waals surface area (Å²) in [5.41, 5.74) is 0. The Morgan fingerprint density at radius 1 is 1.29 bits per heavy atom. The topological polar surface area (TPSA) is 24.5 Å². The lowest BCUT2D eigenvalue weighted by molar-refractivity contribution is 0.0240. The van der Waals surface area contributed by atoms with Crippen LogP contribution in [0.5, 0.6) is 0 Å². The third-order valence-corrected chi connectivity index (χ3v) is 4.49. The molecule has 1 heterocycles. The minimum absolute atomic E-state index is 0.564. The van der Waals surface area contributed by atoms with Crippen molar-refractivity contribution in [2.75, 3.05) is 33.4 Å². The Morgan fingerprint density at radius 2 is 2.06 bits per heavy atom. The molecule has 100 valence electrons. The summed E-state index contributed by atoms with van der Waals surface area (Å²) < 4.78 is 5.33. The first-order chi connectivity index (χ1) is 8.33. The Labute approximate surface area is 106 Å². The fraction of sp³-hybridized carbons (Fsp3) is 1.00. The van der Waals surface area contributed by atoms with Gasteiger partial charge in [-0.05, 0) is 25.7 Å². The molecule has 0 spiro atoms. The highest BCUT2D eigenvalue weighted by molar-refractivity contribution is 4.89. The van der Waals surface area contributed by atoms with E-state index >= 15 is 0 Å². The summed E-state index contributed by atoms with van der Waals surface area (Å²) in [5.74, 6) is 0.913. The molecule has 3 nitrogen and oxygen atoms in total. The summed E-state index contributed by atoms with van der Waals surface area (Å²) in [7, 11) is 1.81. The minimum atomic E-state index is 0.564. The lowest BCUT2D eigenvalue weighted by Crippen LogP contribution is -2.58. The fourth-order valence-electron chi connectivity index (χ4n) is 3.58. The van der Waals surface area contributed by atoms with Crippen molar-refractivity contribution in [3.05, 3.63) is 0 Å². The van der Waals surface area contributed by atoms with Gasteiger partial charge >= 0.3 is 0 Å². The molecule has 1 aliphatic heterocycles. The first kappa shape index (κ1) is 13.3. The molecule has 17 heavy (non-hydrogen) atoms. The minimum Gasteiger partial charge on any atom is -0.383 e. The molecular formula is C14H28N2O. The predicted octanol–water partition coefficient (Wildman–Crippen LogP) is 1.88. The van der Waals surface area contributed by atoms with Gasteiger partial charge in [0.1, 0.15) is 0 Å². The second kappa shape index (κ2) is 6.72. The van der Waals surface area contributed by atoms with Crippen molar-refractivity contribution in [3.8, 4) is 0 Å². The number of hydrogen-bond acceptors (Lipinski definition) is 3. The van der Waals surface area contributed by atoms with Crippen LogP contribution in [0.1, 0.15) is 39.0 Å². The Balaban J connectivity index is 1.95. The first-order valence-electron chi connectivity index (χ1n) is 7.28. The molecule has 1 saturated heterocycles. The van der Waals surface area contributed by atoms with Gasteiger partial charge < -0.3 is 10.1 Å². The van der Waals surface area contributed by atoms with E-state index in [0.29, 0.717) is 6.04 Å².